The van der Waals surface area contributed by atoms with Crippen LogP contribution in [0.1, 0.15) is 57.3 Å². The smallest absolute Gasteiger partial charge is 0.341 e. The molecule has 1 saturated carbocycles. The first kappa shape index (κ1) is 22.0. The zero-order valence-corrected chi connectivity index (χ0v) is 19.4. The summed E-state index contributed by atoms with van der Waals surface area (Å²) in [5, 5.41) is 3.33. The molecule has 1 fully saturated rings. The third-order valence-corrected chi connectivity index (χ3v) is 9.08. The van der Waals surface area contributed by atoms with Gasteiger partial charge in [0, 0.05) is 23.5 Å². The molecular weight excluding hydrogens is 436 g/mol. The number of amides is 1. The molecule has 0 spiro atoms. The van der Waals surface area contributed by atoms with Crippen LogP contribution in [0.4, 0.5) is 5.00 Å². The summed E-state index contributed by atoms with van der Waals surface area (Å²) >= 11 is 1.42. The molecule has 0 radical (unpaired) electrons. The number of benzene rings is 1. The molecule has 2 aromatic rings. The number of esters is 1. The Morgan fingerprint density at radius 1 is 1.16 bits per heavy atom. The van der Waals surface area contributed by atoms with Gasteiger partial charge < -0.3 is 10.1 Å². The number of anilines is 1. The number of nitrogens with zero attached hydrogens (tertiary/aromatic N) is 1. The van der Waals surface area contributed by atoms with Crippen molar-refractivity contribution < 1.29 is 22.7 Å². The van der Waals surface area contributed by atoms with E-state index in [9.17, 15) is 18.0 Å². The summed E-state index contributed by atoms with van der Waals surface area (Å²) in [6.07, 6.45) is 4.41. The van der Waals surface area contributed by atoms with E-state index in [0.717, 1.165) is 42.5 Å². The number of rotatable bonds is 6. The Morgan fingerprint density at radius 2 is 1.84 bits per heavy atom. The predicted molar refractivity (Wildman–Crippen MR) is 119 cm³/mol. The van der Waals surface area contributed by atoms with E-state index in [4.69, 9.17) is 4.74 Å². The molecule has 1 amide bonds. The molecular formula is C22H26N2O5S2. The molecule has 166 valence electrons. The van der Waals surface area contributed by atoms with E-state index >= 15 is 0 Å². The van der Waals surface area contributed by atoms with Crippen LogP contribution in [0.25, 0.3) is 0 Å². The maximum absolute atomic E-state index is 12.9. The minimum atomic E-state index is -3.56. The number of nitrogens with one attached hydrogen (secondary N) is 1. The summed E-state index contributed by atoms with van der Waals surface area (Å²) in [6, 6.07) is 5.96. The van der Waals surface area contributed by atoms with Crippen molar-refractivity contribution in [2.75, 3.05) is 19.5 Å². The lowest BCUT2D eigenvalue weighted by atomic mass is 9.88. The summed E-state index contributed by atoms with van der Waals surface area (Å²) in [7, 11) is -0.644. The monoisotopic (exact) mass is 462 g/mol. The van der Waals surface area contributed by atoms with Gasteiger partial charge in [0.05, 0.1) is 17.6 Å². The van der Waals surface area contributed by atoms with E-state index in [1.165, 1.54) is 47.0 Å². The van der Waals surface area contributed by atoms with Gasteiger partial charge in [0.1, 0.15) is 5.00 Å². The van der Waals surface area contributed by atoms with Gasteiger partial charge in [-0.3, -0.25) is 4.79 Å². The van der Waals surface area contributed by atoms with E-state index in [2.05, 4.69) is 12.2 Å². The second-order valence-corrected chi connectivity index (χ2v) is 11.4. The van der Waals surface area contributed by atoms with Crippen molar-refractivity contribution in [1.29, 1.82) is 0 Å². The minimum Gasteiger partial charge on any atom is -0.465 e. The lowest BCUT2D eigenvalue weighted by Crippen LogP contribution is -2.29. The summed E-state index contributed by atoms with van der Waals surface area (Å²) in [5.41, 5.74) is 1.73. The van der Waals surface area contributed by atoms with E-state index in [1.54, 1.807) is 7.05 Å². The maximum Gasteiger partial charge on any atom is 0.341 e. The largest absolute Gasteiger partial charge is 0.465 e. The maximum atomic E-state index is 12.9. The molecule has 2 aliphatic carbocycles. The molecule has 1 aromatic heterocycles. The van der Waals surface area contributed by atoms with Crippen molar-refractivity contribution in [1.82, 2.24) is 4.31 Å². The number of carbonyl (C=O) groups is 2. The van der Waals surface area contributed by atoms with Gasteiger partial charge in [0.2, 0.25) is 10.0 Å². The fraction of sp³-hybridized carbons (Fsp3) is 0.455. The van der Waals surface area contributed by atoms with Crippen LogP contribution in [-0.4, -0.2) is 44.8 Å². The van der Waals surface area contributed by atoms with Crippen LogP contribution in [0.2, 0.25) is 0 Å². The molecule has 9 heteroatoms. The highest BCUT2D eigenvalue weighted by atomic mass is 32.2. The van der Waals surface area contributed by atoms with Crippen molar-refractivity contribution >= 4 is 38.2 Å². The molecule has 1 heterocycles. The van der Waals surface area contributed by atoms with Crippen LogP contribution in [0.5, 0.6) is 0 Å². The average Bonchev–Trinajstić information content (AvgIpc) is 3.54. The molecule has 7 nitrogen and oxygen atoms in total. The molecule has 1 unspecified atom stereocenters. The molecule has 31 heavy (non-hydrogen) atoms. The quantitative estimate of drug-likeness (QED) is 0.661. The van der Waals surface area contributed by atoms with Crippen molar-refractivity contribution in [3.05, 3.63) is 45.8 Å². The molecule has 1 N–H and O–H groups in total. The highest BCUT2D eigenvalue weighted by molar-refractivity contribution is 7.89. The summed E-state index contributed by atoms with van der Waals surface area (Å²) in [5.74, 6) is -0.313. The van der Waals surface area contributed by atoms with Gasteiger partial charge in [-0.2, -0.15) is 4.31 Å². The minimum absolute atomic E-state index is 0.0669. The van der Waals surface area contributed by atoms with E-state index in [-0.39, 0.29) is 10.9 Å². The fourth-order valence-corrected chi connectivity index (χ4v) is 6.72. The van der Waals surface area contributed by atoms with Gasteiger partial charge in [0.25, 0.3) is 5.91 Å². The van der Waals surface area contributed by atoms with Crippen molar-refractivity contribution in [2.45, 2.75) is 50.0 Å². The Hall–Kier alpha value is -2.23. The summed E-state index contributed by atoms with van der Waals surface area (Å²) in [4.78, 5) is 26.5. The highest BCUT2D eigenvalue weighted by Gasteiger charge is 2.35. The Bertz CT molecular complexity index is 1120. The lowest BCUT2D eigenvalue weighted by Gasteiger charge is -2.18. The van der Waals surface area contributed by atoms with Crippen LogP contribution in [0, 0.1) is 5.92 Å². The fourth-order valence-electron chi connectivity index (χ4n) is 3.91. The van der Waals surface area contributed by atoms with E-state index < -0.39 is 21.9 Å². The summed E-state index contributed by atoms with van der Waals surface area (Å²) < 4.78 is 31.7. The Balaban J connectivity index is 1.57. The zero-order chi connectivity index (χ0) is 22.3. The SMILES string of the molecule is COC(=O)c1c(NC(=O)c2ccc(S(=O)(=O)N(C)C3CC3)cc2)sc2c1CCC(C)C2. The normalized spacial score (nSPS) is 18.5. The number of thiophene rings is 1. The van der Waals surface area contributed by atoms with Gasteiger partial charge in [-0.15, -0.1) is 11.3 Å². The van der Waals surface area contributed by atoms with Gasteiger partial charge in [-0.05, 0) is 67.9 Å². The number of carbonyl (C=O) groups excluding carboxylic acids is 2. The first-order chi connectivity index (χ1) is 14.7. The number of hydrogen-bond acceptors (Lipinski definition) is 6. The first-order valence-corrected chi connectivity index (χ1v) is 12.6. The Kier molecular flexibility index (Phi) is 5.93. The predicted octanol–water partition coefficient (Wildman–Crippen LogP) is 3.69. The number of ether oxygens (including phenoxy) is 1. The van der Waals surface area contributed by atoms with Crippen LogP contribution in [-0.2, 0) is 27.6 Å². The number of fused-ring (bicyclic) bond motifs is 1. The van der Waals surface area contributed by atoms with Crippen molar-refractivity contribution in [3.8, 4) is 0 Å². The van der Waals surface area contributed by atoms with Gasteiger partial charge in [-0.1, -0.05) is 6.92 Å². The topological polar surface area (TPSA) is 92.8 Å². The van der Waals surface area contributed by atoms with Crippen LogP contribution in [0.15, 0.2) is 29.2 Å². The Labute approximate surface area is 186 Å². The van der Waals surface area contributed by atoms with E-state index in [1.807, 2.05) is 0 Å². The molecule has 1 atom stereocenters. The van der Waals surface area contributed by atoms with Crippen LogP contribution in [0.3, 0.4) is 0 Å². The van der Waals surface area contributed by atoms with E-state index in [0.29, 0.717) is 22.0 Å². The van der Waals surface area contributed by atoms with Gasteiger partial charge in [-0.25, -0.2) is 13.2 Å². The van der Waals surface area contributed by atoms with Crippen molar-refractivity contribution in [3.63, 3.8) is 0 Å². The molecule has 1 aromatic carbocycles. The lowest BCUT2D eigenvalue weighted by molar-refractivity contribution is 0.0601. The first-order valence-electron chi connectivity index (χ1n) is 10.3. The molecule has 0 saturated heterocycles. The average molecular weight is 463 g/mol. The highest BCUT2D eigenvalue weighted by Crippen LogP contribution is 2.40. The van der Waals surface area contributed by atoms with Crippen molar-refractivity contribution in [2.24, 2.45) is 5.92 Å². The number of methoxy groups -OCH3 is 1. The second kappa shape index (κ2) is 8.37. The van der Waals surface area contributed by atoms with Gasteiger partial charge in [0.15, 0.2) is 0 Å². The second-order valence-electron chi connectivity index (χ2n) is 8.28. The molecule has 2 aliphatic rings. The number of sulfonamides is 1. The Morgan fingerprint density at radius 3 is 2.45 bits per heavy atom. The number of hydrogen-bond donors (Lipinski definition) is 1. The van der Waals surface area contributed by atoms with Gasteiger partial charge >= 0.3 is 5.97 Å². The third-order valence-electron chi connectivity index (χ3n) is 5.98. The van der Waals surface area contributed by atoms with Crippen LogP contribution >= 0.6 is 11.3 Å². The molecule has 0 bridgehead atoms. The summed E-state index contributed by atoms with van der Waals surface area (Å²) in [6.45, 7) is 2.18. The zero-order valence-electron chi connectivity index (χ0n) is 17.8. The molecule has 4 rings (SSSR count). The van der Waals surface area contributed by atoms with Crippen LogP contribution < -0.4 is 5.32 Å². The standard InChI is InChI=1S/C22H26N2O5S2/c1-13-4-11-17-18(12-13)30-21(19(17)22(26)29-3)23-20(25)14-5-9-16(10-6-14)31(27,28)24(2)15-7-8-15/h5-6,9-10,13,15H,4,7-8,11-12H2,1-3H3,(H,23,25). The third kappa shape index (κ3) is 4.26. The molecule has 0 aliphatic heterocycles.